The van der Waals surface area contributed by atoms with Crippen LogP contribution in [0.2, 0.25) is 0 Å². The molecule has 1 aliphatic heterocycles. The molecular weight excluding hydrogens is 448 g/mol. The molecule has 1 atom stereocenters. The molecule has 1 N–H and O–H groups in total. The summed E-state index contributed by atoms with van der Waals surface area (Å²) in [6, 6.07) is 22.9. The van der Waals surface area contributed by atoms with Crippen LogP contribution in [-0.4, -0.2) is 17.6 Å². The average molecular weight is 467 g/mol. The maximum Gasteiger partial charge on any atom is 0.255 e. The lowest BCUT2D eigenvalue weighted by Crippen LogP contribution is -2.28. The van der Waals surface area contributed by atoms with Crippen LogP contribution in [0.5, 0.6) is 0 Å². The first-order chi connectivity index (χ1) is 14.0. The van der Waals surface area contributed by atoms with Crippen LogP contribution in [0, 0.1) is 6.92 Å². The highest BCUT2D eigenvalue weighted by molar-refractivity contribution is 9.10. The van der Waals surface area contributed by atoms with E-state index in [4.69, 9.17) is 0 Å². The molecule has 29 heavy (non-hydrogen) atoms. The SMILES string of the molecule is Cc1ccc(N2C(=O)CSC2c2ccccc2NC(=O)c2cccc(Br)c2)cc1. The quantitative estimate of drug-likeness (QED) is 0.529. The van der Waals surface area contributed by atoms with Crippen molar-refractivity contribution < 1.29 is 9.59 Å². The van der Waals surface area contributed by atoms with Gasteiger partial charge in [-0.05, 0) is 43.3 Å². The highest BCUT2D eigenvalue weighted by Crippen LogP contribution is 2.44. The fourth-order valence-electron chi connectivity index (χ4n) is 3.29. The third kappa shape index (κ3) is 4.23. The lowest BCUT2D eigenvalue weighted by atomic mass is 10.1. The molecule has 0 aliphatic carbocycles. The minimum atomic E-state index is -0.191. The van der Waals surface area contributed by atoms with Gasteiger partial charge in [-0.3, -0.25) is 14.5 Å². The number of rotatable bonds is 4. The Morgan fingerprint density at radius 2 is 1.83 bits per heavy atom. The van der Waals surface area contributed by atoms with E-state index in [2.05, 4.69) is 21.2 Å². The smallest absolute Gasteiger partial charge is 0.255 e. The molecule has 0 radical (unpaired) electrons. The number of thioether (sulfide) groups is 1. The van der Waals surface area contributed by atoms with Crippen molar-refractivity contribution in [2.75, 3.05) is 16.0 Å². The van der Waals surface area contributed by atoms with Crippen molar-refractivity contribution in [3.05, 3.63) is 94.0 Å². The van der Waals surface area contributed by atoms with Crippen molar-refractivity contribution in [2.45, 2.75) is 12.3 Å². The lowest BCUT2D eigenvalue weighted by Gasteiger charge is -2.26. The van der Waals surface area contributed by atoms with Gasteiger partial charge < -0.3 is 5.32 Å². The van der Waals surface area contributed by atoms with Crippen molar-refractivity contribution in [3.63, 3.8) is 0 Å². The Bertz CT molecular complexity index is 1070. The van der Waals surface area contributed by atoms with Crippen LogP contribution in [0.25, 0.3) is 0 Å². The molecule has 6 heteroatoms. The normalized spacial score (nSPS) is 16.1. The molecule has 0 spiro atoms. The summed E-state index contributed by atoms with van der Waals surface area (Å²) in [5, 5.41) is 2.83. The second kappa shape index (κ2) is 8.43. The van der Waals surface area contributed by atoms with Crippen molar-refractivity contribution in [1.82, 2.24) is 0 Å². The number of nitrogens with one attached hydrogen (secondary N) is 1. The molecule has 1 fully saturated rings. The van der Waals surface area contributed by atoms with Crippen LogP contribution in [0.1, 0.15) is 26.9 Å². The molecule has 1 saturated heterocycles. The Balaban J connectivity index is 1.66. The summed E-state index contributed by atoms with van der Waals surface area (Å²) in [7, 11) is 0. The number of benzene rings is 3. The minimum Gasteiger partial charge on any atom is -0.322 e. The van der Waals surface area contributed by atoms with Crippen LogP contribution in [0.15, 0.2) is 77.3 Å². The summed E-state index contributed by atoms with van der Waals surface area (Å²) in [5.74, 6) is 0.291. The molecule has 0 bridgehead atoms. The number of halogens is 1. The number of carbonyl (C=O) groups is 2. The average Bonchev–Trinajstić information content (AvgIpc) is 3.10. The highest BCUT2D eigenvalue weighted by atomic mass is 79.9. The zero-order chi connectivity index (χ0) is 20.4. The van der Waals surface area contributed by atoms with Gasteiger partial charge in [0.15, 0.2) is 0 Å². The van der Waals surface area contributed by atoms with Crippen LogP contribution in [0.4, 0.5) is 11.4 Å². The van der Waals surface area contributed by atoms with Gasteiger partial charge in [0.25, 0.3) is 5.91 Å². The standard InChI is InChI=1S/C23H19BrN2O2S/c1-15-9-11-18(12-10-15)26-21(27)14-29-23(26)19-7-2-3-8-20(19)25-22(28)16-5-4-6-17(24)13-16/h2-13,23H,14H2,1H3,(H,25,28). The van der Waals surface area contributed by atoms with Gasteiger partial charge in [-0.2, -0.15) is 0 Å². The van der Waals surface area contributed by atoms with E-state index >= 15 is 0 Å². The maximum atomic E-state index is 12.8. The predicted octanol–water partition coefficient (Wildman–Crippen LogP) is 5.79. The summed E-state index contributed by atoms with van der Waals surface area (Å²) in [4.78, 5) is 27.2. The number of hydrogen-bond acceptors (Lipinski definition) is 3. The number of hydrogen-bond donors (Lipinski definition) is 1. The van der Waals surface area contributed by atoms with Crippen LogP contribution >= 0.6 is 27.7 Å². The van der Waals surface area contributed by atoms with E-state index in [1.807, 2.05) is 72.5 Å². The van der Waals surface area contributed by atoms with Gasteiger partial charge >= 0.3 is 0 Å². The van der Waals surface area contributed by atoms with Crippen LogP contribution in [-0.2, 0) is 4.79 Å². The zero-order valence-corrected chi connectivity index (χ0v) is 18.2. The van der Waals surface area contributed by atoms with E-state index in [0.717, 1.165) is 21.3 Å². The fraction of sp³-hybridized carbons (Fsp3) is 0.130. The molecule has 1 aliphatic rings. The second-order valence-electron chi connectivity index (χ2n) is 6.81. The second-order valence-corrected chi connectivity index (χ2v) is 8.80. The zero-order valence-electron chi connectivity index (χ0n) is 15.8. The van der Waals surface area contributed by atoms with Crippen LogP contribution in [0.3, 0.4) is 0 Å². The first-order valence-electron chi connectivity index (χ1n) is 9.19. The third-order valence-corrected chi connectivity index (χ3v) is 6.43. The molecule has 146 valence electrons. The molecule has 4 rings (SSSR count). The highest BCUT2D eigenvalue weighted by Gasteiger charge is 2.35. The van der Waals surface area contributed by atoms with E-state index < -0.39 is 0 Å². The van der Waals surface area contributed by atoms with Gasteiger partial charge in [0.05, 0.1) is 5.75 Å². The molecule has 4 nitrogen and oxygen atoms in total. The molecule has 3 aromatic carbocycles. The molecule has 0 aromatic heterocycles. The van der Waals surface area contributed by atoms with Gasteiger partial charge in [-0.1, -0.05) is 57.9 Å². The summed E-state index contributed by atoms with van der Waals surface area (Å²) < 4.78 is 0.848. The molecule has 3 aromatic rings. The Kier molecular flexibility index (Phi) is 5.74. The van der Waals surface area contributed by atoms with E-state index in [1.165, 1.54) is 0 Å². The van der Waals surface area contributed by atoms with Crippen molar-refractivity contribution in [1.29, 1.82) is 0 Å². The molecule has 0 saturated carbocycles. The van der Waals surface area contributed by atoms with Crippen molar-refractivity contribution in [2.24, 2.45) is 0 Å². The Morgan fingerprint density at radius 3 is 2.59 bits per heavy atom. The molecule has 1 unspecified atom stereocenters. The van der Waals surface area contributed by atoms with Gasteiger partial charge in [0.2, 0.25) is 5.91 Å². The van der Waals surface area contributed by atoms with E-state index in [9.17, 15) is 9.59 Å². The first-order valence-corrected chi connectivity index (χ1v) is 11.0. The van der Waals surface area contributed by atoms with E-state index in [1.54, 1.807) is 23.9 Å². The van der Waals surface area contributed by atoms with E-state index in [0.29, 0.717) is 17.0 Å². The summed E-state index contributed by atoms with van der Waals surface area (Å²) >= 11 is 4.97. The predicted molar refractivity (Wildman–Crippen MR) is 122 cm³/mol. The minimum absolute atomic E-state index is 0.0666. The van der Waals surface area contributed by atoms with Crippen molar-refractivity contribution >= 4 is 50.9 Å². The third-order valence-electron chi connectivity index (χ3n) is 4.74. The number of carbonyl (C=O) groups excluding carboxylic acids is 2. The van der Waals surface area contributed by atoms with Crippen molar-refractivity contribution in [3.8, 4) is 0 Å². The fourth-order valence-corrected chi connectivity index (χ4v) is 4.90. The molecule has 1 heterocycles. The Labute approximate surface area is 182 Å². The Morgan fingerprint density at radius 1 is 1.07 bits per heavy atom. The van der Waals surface area contributed by atoms with Gasteiger partial charge in [-0.15, -0.1) is 11.8 Å². The topological polar surface area (TPSA) is 49.4 Å². The first kappa shape index (κ1) is 19.7. The Hall–Kier alpha value is -2.57. The summed E-state index contributed by atoms with van der Waals surface area (Å²) in [6.45, 7) is 2.02. The lowest BCUT2D eigenvalue weighted by molar-refractivity contribution is -0.115. The monoisotopic (exact) mass is 466 g/mol. The van der Waals surface area contributed by atoms with E-state index in [-0.39, 0.29) is 17.2 Å². The number of anilines is 2. The molecule has 2 amide bonds. The van der Waals surface area contributed by atoms with Gasteiger partial charge in [-0.25, -0.2) is 0 Å². The largest absolute Gasteiger partial charge is 0.322 e. The van der Waals surface area contributed by atoms with Gasteiger partial charge in [0, 0.05) is 27.0 Å². The van der Waals surface area contributed by atoms with Crippen LogP contribution < -0.4 is 10.2 Å². The maximum absolute atomic E-state index is 12.8. The number of nitrogens with zero attached hydrogens (tertiary/aromatic N) is 1. The molecular formula is C23H19BrN2O2S. The number of para-hydroxylation sites is 1. The van der Waals surface area contributed by atoms with Gasteiger partial charge in [0.1, 0.15) is 5.37 Å². The summed E-state index contributed by atoms with van der Waals surface area (Å²) in [6.07, 6.45) is 0. The number of amides is 2. The number of aryl methyl sites for hydroxylation is 1. The summed E-state index contributed by atoms with van der Waals surface area (Å²) in [5.41, 5.74) is 4.20.